The summed E-state index contributed by atoms with van der Waals surface area (Å²) in [5.41, 5.74) is 2.27. The summed E-state index contributed by atoms with van der Waals surface area (Å²) in [6.07, 6.45) is 4.63. The summed E-state index contributed by atoms with van der Waals surface area (Å²) >= 11 is 0. The van der Waals surface area contributed by atoms with Crippen LogP contribution in [0.25, 0.3) is 0 Å². The Labute approximate surface area is 181 Å². The second-order valence-corrected chi connectivity index (χ2v) is 9.39. The molecule has 1 saturated heterocycles. The Morgan fingerprint density at radius 2 is 1.93 bits per heavy atom. The van der Waals surface area contributed by atoms with Crippen molar-refractivity contribution in [3.8, 4) is 5.75 Å². The zero-order valence-electron chi connectivity index (χ0n) is 19.2. The Balaban J connectivity index is 0.00000124. The molecule has 1 heterocycles. The number of nitrogens with zero attached hydrogens (tertiary/aromatic N) is 1. The first-order valence-corrected chi connectivity index (χ1v) is 11.7. The standard InChI is InChI=1S/C23H32N2O3.C2H6/c1-4-21(27)24-15-9-8-14(12-15)22(28)25-11-10-18-16-6-5-7-19(26)17(16)13-20(25)23(18,2)3;1-2/h5-7,14-15,18,20,26H,4,8-13H2,1-3H3,(H,24,27);1-2H3/t14?,15-,18+,20?;/m1./s1. The van der Waals surface area contributed by atoms with Gasteiger partial charge in [0.25, 0.3) is 0 Å². The fraction of sp³-hybridized carbons (Fsp3) is 0.680. The van der Waals surface area contributed by atoms with Crippen molar-refractivity contribution in [2.24, 2.45) is 11.3 Å². The number of aromatic hydroxyl groups is 1. The number of hydrogen-bond donors (Lipinski definition) is 2. The number of amides is 2. The number of fused-ring (bicyclic) bond motifs is 4. The third-order valence-corrected chi connectivity index (χ3v) is 7.50. The SMILES string of the molecule is CC.CCC(=O)N[C@@H]1CCC(C(=O)N2CC[C@H]3c4cccc(O)c4CC2C3(C)C)C1. The van der Waals surface area contributed by atoms with Gasteiger partial charge in [-0.3, -0.25) is 9.59 Å². The minimum absolute atomic E-state index is 0.000253. The average molecular weight is 415 g/mol. The van der Waals surface area contributed by atoms with Gasteiger partial charge in [0.05, 0.1) is 0 Å². The predicted molar refractivity (Wildman–Crippen MR) is 119 cm³/mol. The highest BCUT2D eigenvalue weighted by atomic mass is 16.3. The number of hydrogen-bond acceptors (Lipinski definition) is 3. The molecule has 2 amide bonds. The molecule has 4 atom stereocenters. The predicted octanol–water partition coefficient (Wildman–Crippen LogP) is 4.38. The highest BCUT2D eigenvalue weighted by Gasteiger charge is 2.51. The van der Waals surface area contributed by atoms with Crippen molar-refractivity contribution in [1.82, 2.24) is 10.2 Å². The van der Waals surface area contributed by atoms with E-state index in [2.05, 4.69) is 30.1 Å². The lowest BCUT2D eigenvalue weighted by Gasteiger charge is -2.55. The molecule has 2 fully saturated rings. The summed E-state index contributed by atoms with van der Waals surface area (Å²) in [7, 11) is 0. The summed E-state index contributed by atoms with van der Waals surface area (Å²) in [5.74, 6) is 1.04. The molecule has 1 aliphatic heterocycles. The number of nitrogens with one attached hydrogen (secondary N) is 1. The van der Waals surface area contributed by atoms with Gasteiger partial charge < -0.3 is 15.3 Å². The first-order chi connectivity index (χ1) is 14.3. The monoisotopic (exact) mass is 414 g/mol. The van der Waals surface area contributed by atoms with Crippen LogP contribution in [0.15, 0.2) is 18.2 Å². The Kier molecular flexibility index (Phi) is 6.78. The van der Waals surface area contributed by atoms with Gasteiger partial charge >= 0.3 is 0 Å². The summed E-state index contributed by atoms with van der Waals surface area (Å²) in [5, 5.41) is 13.5. The van der Waals surface area contributed by atoms with Gasteiger partial charge in [-0.15, -0.1) is 0 Å². The van der Waals surface area contributed by atoms with E-state index in [1.807, 2.05) is 26.8 Å². The van der Waals surface area contributed by atoms with Crippen LogP contribution in [-0.2, 0) is 16.0 Å². The van der Waals surface area contributed by atoms with Gasteiger partial charge in [-0.2, -0.15) is 0 Å². The highest BCUT2D eigenvalue weighted by Crippen LogP contribution is 2.53. The van der Waals surface area contributed by atoms with E-state index in [-0.39, 0.29) is 35.2 Å². The average Bonchev–Trinajstić information content (AvgIpc) is 3.18. The van der Waals surface area contributed by atoms with Crippen molar-refractivity contribution in [3.63, 3.8) is 0 Å². The van der Waals surface area contributed by atoms with E-state index in [0.717, 1.165) is 44.2 Å². The van der Waals surface area contributed by atoms with Gasteiger partial charge in [0, 0.05) is 31.0 Å². The van der Waals surface area contributed by atoms with E-state index in [9.17, 15) is 14.7 Å². The maximum absolute atomic E-state index is 13.4. The molecule has 2 aliphatic carbocycles. The molecule has 5 heteroatoms. The quantitative estimate of drug-likeness (QED) is 0.771. The Morgan fingerprint density at radius 3 is 2.63 bits per heavy atom. The number of phenolic OH excluding ortho intramolecular Hbond substituents is 1. The Bertz CT molecular complexity index is 789. The second-order valence-electron chi connectivity index (χ2n) is 9.39. The molecule has 2 unspecified atom stereocenters. The van der Waals surface area contributed by atoms with Crippen molar-refractivity contribution >= 4 is 11.8 Å². The van der Waals surface area contributed by atoms with E-state index in [1.165, 1.54) is 5.56 Å². The van der Waals surface area contributed by atoms with Crippen molar-refractivity contribution in [2.45, 2.75) is 91.1 Å². The number of benzene rings is 1. The number of carbonyl (C=O) groups is 2. The highest BCUT2D eigenvalue weighted by molar-refractivity contribution is 5.81. The fourth-order valence-corrected chi connectivity index (χ4v) is 5.86. The molecule has 166 valence electrons. The van der Waals surface area contributed by atoms with Crippen LogP contribution >= 0.6 is 0 Å². The van der Waals surface area contributed by atoms with E-state index in [4.69, 9.17) is 0 Å². The molecular formula is C25H38N2O3. The van der Waals surface area contributed by atoms with Gasteiger partial charge in [0.1, 0.15) is 5.75 Å². The van der Waals surface area contributed by atoms with Crippen molar-refractivity contribution in [3.05, 3.63) is 29.3 Å². The lowest BCUT2D eigenvalue weighted by atomic mass is 9.59. The van der Waals surface area contributed by atoms with Gasteiger partial charge in [0.2, 0.25) is 11.8 Å². The minimum Gasteiger partial charge on any atom is -0.508 e. The van der Waals surface area contributed by atoms with Crippen LogP contribution in [-0.4, -0.2) is 40.4 Å². The van der Waals surface area contributed by atoms with Crippen LogP contribution in [0.4, 0.5) is 0 Å². The molecule has 2 bridgehead atoms. The van der Waals surface area contributed by atoms with E-state index >= 15 is 0 Å². The second kappa shape index (κ2) is 8.99. The van der Waals surface area contributed by atoms with Crippen LogP contribution in [0, 0.1) is 11.3 Å². The summed E-state index contributed by atoms with van der Waals surface area (Å²) < 4.78 is 0. The maximum atomic E-state index is 13.4. The van der Waals surface area contributed by atoms with Crippen LogP contribution in [0.1, 0.15) is 83.8 Å². The molecule has 4 rings (SSSR count). The number of phenols is 1. The van der Waals surface area contributed by atoms with Crippen molar-refractivity contribution in [2.75, 3.05) is 6.54 Å². The van der Waals surface area contributed by atoms with Crippen LogP contribution < -0.4 is 5.32 Å². The first-order valence-electron chi connectivity index (χ1n) is 11.7. The zero-order chi connectivity index (χ0) is 22.1. The Hall–Kier alpha value is -2.04. The van der Waals surface area contributed by atoms with Crippen molar-refractivity contribution < 1.29 is 14.7 Å². The topological polar surface area (TPSA) is 69.6 Å². The zero-order valence-corrected chi connectivity index (χ0v) is 19.2. The fourth-order valence-electron chi connectivity index (χ4n) is 5.86. The van der Waals surface area contributed by atoms with Gasteiger partial charge in [-0.25, -0.2) is 0 Å². The molecule has 2 N–H and O–H groups in total. The van der Waals surface area contributed by atoms with Crippen molar-refractivity contribution in [1.29, 1.82) is 0 Å². The molecule has 1 aromatic carbocycles. The molecule has 1 saturated carbocycles. The lowest BCUT2D eigenvalue weighted by Crippen LogP contribution is -2.59. The largest absolute Gasteiger partial charge is 0.508 e. The van der Waals surface area contributed by atoms with Gasteiger partial charge in [-0.05, 0) is 60.6 Å². The smallest absolute Gasteiger partial charge is 0.226 e. The minimum atomic E-state index is -0.0108. The molecule has 0 radical (unpaired) electrons. The molecule has 0 spiro atoms. The van der Waals surface area contributed by atoms with Crippen LogP contribution in [0.2, 0.25) is 0 Å². The summed E-state index contributed by atoms with van der Waals surface area (Å²) in [4.78, 5) is 27.2. The normalized spacial score (nSPS) is 28.8. The Morgan fingerprint density at radius 1 is 1.20 bits per heavy atom. The molecule has 3 aliphatic rings. The van der Waals surface area contributed by atoms with Gasteiger partial charge in [0.15, 0.2) is 0 Å². The molecule has 0 aromatic heterocycles. The molecule has 5 nitrogen and oxygen atoms in total. The summed E-state index contributed by atoms with van der Waals surface area (Å²) in [6, 6.07) is 6.09. The van der Waals surface area contributed by atoms with E-state index in [0.29, 0.717) is 18.1 Å². The third kappa shape index (κ3) is 3.95. The first kappa shape index (κ1) is 22.6. The number of rotatable bonds is 3. The molecule has 30 heavy (non-hydrogen) atoms. The number of piperidine rings is 1. The van der Waals surface area contributed by atoms with Gasteiger partial charge in [-0.1, -0.05) is 46.8 Å². The number of carbonyl (C=O) groups excluding carboxylic acids is 2. The van der Waals surface area contributed by atoms with Crippen LogP contribution in [0.5, 0.6) is 5.75 Å². The van der Waals surface area contributed by atoms with E-state index in [1.54, 1.807) is 6.07 Å². The third-order valence-electron chi connectivity index (χ3n) is 7.50. The number of likely N-dealkylation sites (tertiary alicyclic amines) is 1. The van der Waals surface area contributed by atoms with Crippen LogP contribution in [0.3, 0.4) is 0 Å². The van der Waals surface area contributed by atoms with E-state index < -0.39 is 0 Å². The molecular weight excluding hydrogens is 376 g/mol. The summed E-state index contributed by atoms with van der Waals surface area (Å²) in [6.45, 7) is 11.2. The molecule has 1 aromatic rings. The lowest BCUT2D eigenvalue weighted by molar-refractivity contribution is -0.144. The maximum Gasteiger partial charge on any atom is 0.226 e.